The van der Waals surface area contributed by atoms with Crippen LogP contribution in [0.4, 0.5) is 4.39 Å². The Morgan fingerprint density at radius 1 is 1.18 bits per heavy atom. The van der Waals surface area contributed by atoms with Crippen LogP contribution in [0, 0.1) is 12.7 Å². The van der Waals surface area contributed by atoms with E-state index in [0.717, 1.165) is 11.1 Å². The van der Waals surface area contributed by atoms with Crippen LogP contribution in [0.25, 0.3) is 0 Å². The molecular formula is C14H12ClFO. The van der Waals surface area contributed by atoms with E-state index in [-0.39, 0.29) is 11.6 Å². The van der Waals surface area contributed by atoms with Crippen molar-refractivity contribution in [3.63, 3.8) is 0 Å². The second-order valence-electron chi connectivity index (χ2n) is 3.82. The normalized spacial score (nSPS) is 10.3. The van der Waals surface area contributed by atoms with Crippen molar-refractivity contribution in [1.82, 2.24) is 0 Å². The second kappa shape index (κ2) is 5.19. The van der Waals surface area contributed by atoms with Crippen LogP contribution in [-0.2, 0) is 5.88 Å². The summed E-state index contributed by atoms with van der Waals surface area (Å²) in [6.07, 6.45) is 0. The van der Waals surface area contributed by atoms with Gasteiger partial charge in [-0.1, -0.05) is 18.2 Å². The molecule has 0 aliphatic heterocycles. The van der Waals surface area contributed by atoms with Gasteiger partial charge in [0.25, 0.3) is 0 Å². The van der Waals surface area contributed by atoms with Gasteiger partial charge in [0.15, 0.2) is 11.6 Å². The molecule has 0 heterocycles. The first-order valence-corrected chi connectivity index (χ1v) is 5.81. The van der Waals surface area contributed by atoms with Crippen molar-refractivity contribution in [2.24, 2.45) is 0 Å². The average molecular weight is 251 g/mol. The maximum absolute atomic E-state index is 13.5. The summed E-state index contributed by atoms with van der Waals surface area (Å²) >= 11 is 5.73. The van der Waals surface area contributed by atoms with E-state index in [0.29, 0.717) is 11.6 Å². The van der Waals surface area contributed by atoms with Crippen LogP contribution in [-0.4, -0.2) is 0 Å². The molecule has 2 aromatic rings. The molecule has 88 valence electrons. The van der Waals surface area contributed by atoms with Gasteiger partial charge in [-0.2, -0.15) is 0 Å². The lowest BCUT2D eigenvalue weighted by Crippen LogP contribution is -1.90. The van der Waals surface area contributed by atoms with E-state index < -0.39 is 0 Å². The van der Waals surface area contributed by atoms with Crippen LogP contribution in [0.3, 0.4) is 0 Å². The molecule has 0 fully saturated rings. The monoisotopic (exact) mass is 250 g/mol. The summed E-state index contributed by atoms with van der Waals surface area (Å²) in [7, 11) is 0. The Bertz CT molecular complexity index is 525. The zero-order valence-corrected chi connectivity index (χ0v) is 10.2. The third-order valence-corrected chi connectivity index (χ3v) is 2.68. The second-order valence-corrected chi connectivity index (χ2v) is 4.08. The molecule has 0 bridgehead atoms. The maximum Gasteiger partial charge on any atom is 0.165 e. The minimum Gasteiger partial charge on any atom is -0.454 e. The van der Waals surface area contributed by atoms with Gasteiger partial charge in [-0.15, -0.1) is 11.6 Å². The fraction of sp³-hybridized carbons (Fsp3) is 0.143. The number of rotatable bonds is 3. The van der Waals surface area contributed by atoms with Gasteiger partial charge in [-0.3, -0.25) is 0 Å². The predicted molar refractivity (Wildman–Crippen MR) is 67.2 cm³/mol. The van der Waals surface area contributed by atoms with Crippen molar-refractivity contribution < 1.29 is 9.13 Å². The molecule has 0 amide bonds. The summed E-state index contributed by atoms with van der Waals surface area (Å²) in [6.45, 7) is 1.89. The van der Waals surface area contributed by atoms with Gasteiger partial charge >= 0.3 is 0 Å². The molecule has 0 spiro atoms. The first kappa shape index (κ1) is 11.9. The smallest absolute Gasteiger partial charge is 0.165 e. The molecule has 0 unspecified atom stereocenters. The number of ether oxygens (including phenoxy) is 1. The number of benzene rings is 2. The molecule has 17 heavy (non-hydrogen) atoms. The van der Waals surface area contributed by atoms with Crippen molar-refractivity contribution in [1.29, 1.82) is 0 Å². The van der Waals surface area contributed by atoms with E-state index in [1.807, 2.05) is 19.1 Å². The summed E-state index contributed by atoms with van der Waals surface area (Å²) in [5, 5.41) is 0. The molecule has 2 aromatic carbocycles. The number of aryl methyl sites for hydroxylation is 1. The van der Waals surface area contributed by atoms with Gasteiger partial charge in [-0.25, -0.2) is 4.39 Å². The molecule has 0 N–H and O–H groups in total. The first-order chi connectivity index (χ1) is 8.19. The van der Waals surface area contributed by atoms with Crippen molar-refractivity contribution in [2.75, 3.05) is 0 Å². The van der Waals surface area contributed by atoms with Crippen LogP contribution in [0.2, 0.25) is 0 Å². The quantitative estimate of drug-likeness (QED) is 0.720. The lowest BCUT2D eigenvalue weighted by molar-refractivity contribution is 0.441. The van der Waals surface area contributed by atoms with E-state index in [2.05, 4.69) is 0 Å². The van der Waals surface area contributed by atoms with Crippen molar-refractivity contribution in [2.45, 2.75) is 12.8 Å². The summed E-state index contributed by atoms with van der Waals surface area (Å²) < 4.78 is 19.0. The largest absolute Gasteiger partial charge is 0.454 e. The van der Waals surface area contributed by atoms with Crippen molar-refractivity contribution in [3.8, 4) is 11.5 Å². The van der Waals surface area contributed by atoms with Crippen LogP contribution in [0.5, 0.6) is 11.5 Å². The maximum atomic E-state index is 13.5. The zero-order valence-electron chi connectivity index (χ0n) is 9.41. The highest BCUT2D eigenvalue weighted by Gasteiger charge is 2.05. The molecule has 3 heteroatoms. The molecule has 2 rings (SSSR count). The Hall–Kier alpha value is -1.54. The summed E-state index contributed by atoms with van der Waals surface area (Å²) in [6, 6.07) is 12.1. The van der Waals surface area contributed by atoms with Crippen molar-refractivity contribution >= 4 is 11.6 Å². The number of hydrogen-bond donors (Lipinski definition) is 0. The Morgan fingerprint density at radius 3 is 2.76 bits per heavy atom. The lowest BCUT2D eigenvalue weighted by Gasteiger charge is -2.08. The molecule has 0 radical (unpaired) electrons. The number of halogens is 2. The molecule has 0 aliphatic rings. The molecule has 0 saturated carbocycles. The van der Waals surface area contributed by atoms with Crippen LogP contribution < -0.4 is 4.74 Å². The molecular weight excluding hydrogens is 239 g/mol. The van der Waals surface area contributed by atoms with Gasteiger partial charge < -0.3 is 4.74 Å². The fourth-order valence-electron chi connectivity index (χ4n) is 1.51. The summed E-state index contributed by atoms with van der Waals surface area (Å²) in [5.41, 5.74) is 1.90. The first-order valence-electron chi connectivity index (χ1n) is 5.28. The van der Waals surface area contributed by atoms with Crippen LogP contribution in [0.1, 0.15) is 11.1 Å². The molecule has 0 atom stereocenters. The predicted octanol–water partition coefficient (Wildman–Crippen LogP) is 4.67. The summed E-state index contributed by atoms with van der Waals surface area (Å²) in [5.74, 6) is 0.865. The highest BCUT2D eigenvalue weighted by atomic mass is 35.5. The lowest BCUT2D eigenvalue weighted by atomic mass is 10.2. The van der Waals surface area contributed by atoms with Gasteiger partial charge in [0.1, 0.15) is 5.75 Å². The van der Waals surface area contributed by atoms with Crippen LogP contribution >= 0.6 is 11.6 Å². The Kier molecular flexibility index (Phi) is 3.64. The van der Waals surface area contributed by atoms with Crippen LogP contribution in [0.15, 0.2) is 42.5 Å². The molecule has 0 aromatic heterocycles. The fourth-order valence-corrected chi connectivity index (χ4v) is 1.67. The standard InChI is InChI=1S/C14H12ClFO/c1-10-5-6-13(16)14(7-10)17-12-4-2-3-11(8-12)9-15/h2-8H,9H2,1H3. The SMILES string of the molecule is Cc1ccc(F)c(Oc2cccc(CCl)c2)c1. The summed E-state index contributed by atoms with van der Waals surface area (Å²) in [4.78, 5) is 0. The average Bonchev–Trinajstić information content (AvgIpc) is 2.34. The molecule has 1 nitrogen and oxygen atoms in total. The molecule has 0 aliphatic carbocycles. The van der Waals surface area contributed by atoms with Gasteiger partial charge in [0, 0.05) is 5.88 Å². The minimum atomic E-state index is -0.369. The minimum absolute atomic E-state index is 0.233. The highest BCUT2D eigenvalue weighted by molar-refractivity contribution is 6.17. The third-order valence-electron chi connectivity index (χ3n) is 2.37. The van der Waals surface area contributed by atoms with E-state index >= 15 is 0 Å². The van der Waals surface area contributed by atoms with Crippen molar-refractivity contribution in [3.05, 3.63) is 59.4 Å². The van der Waals surface area contributed by atoms with Gasteiger partial charge in [0.05, 0.1) is 0 Å². The molecule has 0 saturated heterocycles. The Labute approximate surface area is 105 Å². The Balaban J connectivity index is 2.27. The van der Waals surface area contributed by atoms with E-state index in [9.17, 15) is 4.39 Å². The Morgan fingerprint density at radius 2 is 2.00 bits per heavy atom. The highest BCUT2D eigenvalue weighted by Crippen LogP contribution is 2.26. The third kappa shape index (κ3) is 2.98. The zero-order chi connectivity index (χ0) is 12.3. The van der Waals surface area contributed by atoms with Gasteiger partial charge in [-0.05, 0) is 42.3 Å². The number of alkyl halides is 1. The number of hydrogen-bond acceptors (Lipinski definition) is 1. The van der Waals surface area contributed by atoms with E-state index in [1.165, 1.54) is 6.07 Å². The van der Waals surface area contributed by atoms with Gasteiger partial charge in [0.2, 0.25) is 0 Å². The van der Waals surface area contributed by atoms with E-state index in [4.69, 9.17) is 16.3 Å². The topological polar surface area (TPSA) is 9.23 Å². The van der Waals surface area contributed by atoms with E-state index in [1.54, 1.807) is 24.3 Å².